The molecule has 0 amide bonds. The summed E-state index contributed by atoms with van der Waals surface area (Å²) in [6, 6.07) is 14.6. The van der Waals surface area contributed by atoms with E-state index in [1.165, 1.54) is 28.0 Å². The molecule has 0 unspecified atom stereocenters. The van der Waals surface area contributed by atoms with Gasteiger partial charge in [-0.15, -0.1) is 0 Å². The number of ether oxygens (including phenoxy) is 4. The Hall–Kier alpha value is -4.15. The third-order valence-corrected chi connectivity index (χ3v) is 9.32. The molecule has 0 N–H and O–H groups in total. The maximum Gasteiger partial charge on any atom is 0.338 e. The van der Waals surface area contributed by atoms with Crippen LogP contribution in [-0.2, 0) is 16.1 Å². The molecule has 5 rings (SSSR count). The second-order valence-electron chi connectivity index (χ2n) is 11.7. The average molecular weight is 720 g/mol. The summed E-state index contributed by atoms with van der Waals surface area (Å²) in [5, 5.41) is 0. The predicted octanol–water partition coefficient (Wildman–Crippen LogP) is 6.86. The zero-order valence-corrected chi connectivity index (χ0v) is 30.3. The van der Waals surface area contributed by atoms with Gasteiger partial charge in [-0.3, -0.25) is 9.36 Å². The largest absolute Gasteiger partial charge is 0.496 e. The SMILES string of the molecule is CCOc1cc(/C=c2\sc3n(c2=O)[C@@H](c2cc(Br)ccc2OC)C(C(=O)OC(C)C)=C(C)N=3)ccc1OCc1c(C)cc(C)cc1C. The number of esters is 1. The zero-order chi connectivity index (χ0) is 34.0. The number of aryl methyl sites for hydroxylation is 3. The number of hydrogen-bond acceptors (Lipinski definition) is 8. The minimum Gasteiger partial charge on any atom is -0.496 e. The molecule has 1 atom stereocenters. The Morgan fingerprint density at radius 3 is 2.36 bits per heavy atom. The lowest BCUT2D eigenvalue weighted by Crippen LogP contribution is -2.40. The Labute approximate surface area is 287 Å². The first kappa shape index (κ1) is 34.2. The molecule has 47 heavy (non-hydrogen) atoms. The number of carbonyl (C=O) groups is 1. The van der Waals surface area contributed by atoms with Gasteiger partial charge in [0, 0.05) is 10.0 Å². The van der Waals surface area contributed by atoms with Gasteiger partial charge in [-0.25, -0.2) is 9.79 Å². The first-order valence-corrected chi connectivity index (χ1v) is 17.1. The molecule has 1 aliphatic rings. The number of thiazole rings is 1. The Morgan fingerprint density at radius 2 is 1.70 bits per heavy atom. The van der Waals surface area contributed by atoms with Crippen LogP contribution in [0.1, 0.15) is 67.1 Å². The van der Waals surface area contributed by atoms with Crippen LogP contribution >= 0.6 is 27.3 Å². The van der Waals surface area contributed by atoms with Gasteiger partial charge in [0.15, 0.2) is 16.3 Å². The molecule has 3 aromatic carbocycles. The van der Waals surface area contributed by atoms with Crippen molar-refractivity contribution in [3.8, 4) is 17.2 Å². The van der Waals surface area contributed by atoms with Gasteiger partial charge in [-0.05, 0) is 107 Å². The third kappa shape index (κ3) is 7.23. The summed E-state index contributed by atoms with van der Waals surface area (Å²) in [6.07, 6.45) is 1.46. The summed E-state index contributed by atoms with van der Waals surface area (Å²) in [5.41, 5.74) is 6.61. The molecule has 4 aromatic rings. The van der Waals surface area contributed by atoms with Gasteiger partial charge < -0.3 is 18.9 Å². The van der Waals surface area contributed by atoms with E-state index in [4.69, 9.17) is 23.9 Å². The van der Waals surface area contributed by atoms with Crippen LogP contribution in [0.3, 0.4) is 0 Å². The molecule has 1 aliphatic heterocycles. The van der Waals surface area contributed by atoms with E-state index in [0.29, 0.717) is 51.1 Å². The van der Waals surface area contributed by atoms with Crippen molar-refractivity contribution in [2.24, 2.45) is 4.99 Å². The van der Waals surface area contributed by atoms with E-state index in [2.05, 4.69) is 48.8 Å². The van der Waals surface area contributed by atoms with Crippen LogP contribution in [0, 0.1) is 20.8 Å². The zero-order valence-electron chi connectivity index (χ0n) is 27.9. The van der Waals surface area contributed by atoms with Gasteiger partial charge in [0.05, 0.1) is 35.6 Å². The van der Waals surface area contributed by atoms with Gasteiger partial charge in [0.25, 0.3) is 5.56 Å². The predicted molar refractivity (Wildman–Crippen MR) is 188 cm³/mol. The third-order valence-electron chi connectivity index (χ3n) is 7.85. The van der Waals surface area contributed by atoms with E-state index in [9.17, 15) is 9.59 Å². The number of benzene rings is 3. The summed E-state index contributed by atoms with van der Waals surface area (Å²) in [5.74, 6) is 1.21. The van der Waals surface area contributed by atoms with Crippen molar-refractivity contribution in [3.05, 3.63) is 117 Å². The van der Waals surface area contributed by atoms with Crippen molar-refractivity contribution in [1.82, 2.24) is 4.57 Å². The monoisotopic (exact) mass is 718 g/mol. The van der Waals surface area contributed by atoms with Crippen molar-refractivity contribution in [1.29, 1.82) is 0 Å². The van der Waals surface area contributed by atoms with Crippen LogP contribution in [0.4, 0.5) is 0 Å². The first-order chi connectivity index (χ1) is 22.4. The highest BCUT2D eigenvalue weighted by atomic mass is 79.9. The van der Waals surface area contributed by atoms with Crippen molar-refractivity contribution < 1.29 is 23.7 Å². The number of methoxy groups -OCH3 is 1. The minimum absolute atomic E-state index is 0.285. The first-order valence-electron chi connectivity index (χ1n) is 15.4. The van der Waals surface area contributed by atoms with Crippen molar-refractivity contribution in [3.63, 3.8) is 0 Å². The van der Waals surface area contributed by atoms with Gasteiger partial charge in [0.2, 0.25) is 0 Å². The normalized spacial score (nSPS) is 14.6. The highest BCUT2D eigenvalue weighted by Gasteiger charge is 2.35. The standard InChI is InChI=1S/C37H39BrN2O6S/c1-9-44-31-16-25(10-12-30(31)45-19-28-22(5)14-21(4)15-23(28)6)17-32-35(41)40-34(27-18-26(38)11-13-29(27)43-8)33(36(42)46-20(2)3)24(7)39-37(40)47-32/h10-18,20,34H,9,19H2,1-8H3/b32-17-/t34-/m0/s1. The fourth-order valence-corrected chi connectivity index (χ4v) is 7.24. The van der Waals surface area contributed by atoms with Crippen LogP contribution in [-0.4, -0.2) is 30.4 Å². The lowest BCUT2D eigenvalue weighted by Gasteiger charge is -2.26. The molecule has 0 saturated heterocycles. The Morgan fingerprint density at radius 1 is 1.00 bits per heavy atom. The molecule has 0 fully saturated rings. The molecule has 0 radical (unpaired) electrons. The van der Waals surface area contributed by atoms with Gasteiger partial charge in [-0.2, -0.15) is 0 Å². The van der Waals surface area contributed by atoms with Crippen LogP contribution < -0.4 is 29.1 Å². The molecule has 8 nitrogen and oxygen atoms in total. The summed E-state index contributed by atoms with van der Waals surface area (Å²) < 4.78 is 26.3. The molecule has 0 aliphatic carbocycles. The summed E-state index contributed by atoms with van der Waals surface area (Å²) in [7, 11) is 1.56. The molecule has 246 valence electrons. The van der Waals surface area contributed by atoms with Crippen LogP contribution in [0.2, 0.25) is 0 Å². The van der Waals surface area contributed by atoms with E-state index >= 15 is 0 Å². The molecule has 1 aromatic heterocycles. The van der Waals surface area contributed by atoms with Crippen molar-refractivity contribution in [2.45, 2.75) is 67.2 Å². The topological polar surface area (TPSA) is 88.4 Å². The summed E-state index contributed by atoms with van der Waals surface area (Å²) >= 11 is 4.80. The Kier molecular flexibility index (Phi) is 10.4. The van der Waals surface area contributed by atoms with Crippen LogP contribution in [0.15, 0.2) is 74.1 Å². The molecule has 2 heterocycles. The number of nitrogens with zero attached hydrogens (tertiary/aromatic N) is 2. The van der Waals surface area contributed by atoms with Gasteiger partial charge in [-0.1, -0.05) is 51.0 Å². The lowest BCUT2D eigenvalue weighted by molar-refractivity contribution is -0.143. The van der Waals surface area contributed by atoms with Gasteiger partial charge >= 0.3 is 5.97 Å². The van der Waals surface area contributed by atoms with Crippen LogP contribution in [0.25, 0.3) is 6.08 Å². The second kappa shape index (κ2) is 14.3. The van der Waals surface area contributed by atoms with Crippen molar-refractivity contribution >= 4 is 39.3 Å². The molecular formula is C37H39BrN2O6S. The molecule has 10 heteroatoms. The Balaban J connectivity index is 1.59. The maximum atomic E-state index is 14.2. The number of fused-ring (bicyclic) bond motifs is 1. The minimum atomic E-state index is -0.810. The fourth-order valence-electron chi connectivity index (χ4n) is 5.81. The van der Waals surface area contributed by atoms with Crippen LogP contribution in [0.5, 0.6) is 17.2 Å². The van der Waals surface area contributed by atoms with E-state index in [-0.39, 0.29) is 17.2 Å². The number of aromatic nitrogens is 1. The van der Waals surface area contributed by atoms with Crippen molar-refractivity contribution in [2.75, 3.05) is 13.7 Å². The number of halogens is 1. The Bertz CT molecular complexity index is 2040. The highest BCUT2D eigenvalue weighted by molar-refractivity contribution is 9.10. The van der Waals surface area contributed by atoms with E-state index in [1.54, 1.807) is 38.5 Å². The van der Waals surface area contributed by atoms with Gasteiger partial charge in [0.1, 0.15) is 18.4 Å². The number of carbonyl (C=O) groups excluding carboxylic acids is 1. The van der Waals surface area contributed by atoms with E-state index in [0.717, 1.165) is 15.6 Å². The van der Waals surface area contributed by atoms with E-state index in [1.807, 2.05) is 43.3 Å². The molecular weight excluding hydrogens is 680 g/mol. The molecule has 0 spiro atoms. The quantitative estimate of drug-likeness (QED) is 0.167. The highest BCUT2D eigenvalue weighted by Crippen LogP contribution is 2.37. The fraction of sp³-hybridized carbons (Fsp3) is 0.324. The summed E-state index contributed by atoms with van der Waals surface area (Å²) in [6.45, 7) is 14.4. The number of allylic oxidation sites excluding steroid dienone is 1. The smallest absolute Gasteiger partial charge is 0.338 e. The second-order valence-corrected chi connectivity index (χ2v) is 13.7. The number of rotatable bonds is 10. The molecule has 0 bridgehead atoms. The summed E-state index contributed by atoms with van der Waals surface area (Å²) in [4.78, 5) is 32.9. The lowest BCUT2D eigenvalue weighted by atomic mass is 9.95. The maximum absolute atomic E-state index is 14.2. The van der Waals surface area contributed by atoms with E-state index < -0.39 is 12.0 Å². The number of hydrogen-bond donors (Lipinski definition) is 0. The average Bonchev–Trinajstić information content (AvgIpc) is 3.30. The molecule has 0 saturated carbocycles.